The number of nitrogens with one attached hydrogen (secondary N) is 2. The van der Waals surface area contributed by atoms with E-state index >= 15 is 0 Å². The van der Waals surface area contributed by atoms with Crippen LogP contribution in [-0.4, -0.2) is 40.3 Å². The maximum atomic E-state index is 13.1. The number of aliphatic hydroxyl groups excluding tert-OH is 1. The highest BCUT2D eigenvalue weighted by Crippen LogP contribution is 2.27. The Morgan fingerprint density at radius 3 is 2.76 bits per heavy atom. The van der Waals surface area contributed by atoms with E-state index in [0.29, 0.717) is 11.1 Å². The van der Waals surface area contributed by atoms with Crippen LogP contribution < -0.4 is 10.0 Å². The number of hydrogen-bond acceptors (Lipinski definition) is 7. The Balaban J connectivity index is 1.90. The first kappa shape index (κ1) is 26.0. The fraction of sp³-hybridized carbons (Fsp3) is 0.136. The van der Waals surface area contributed by atoms with E-state index in [1.807, 2.05) is 0 Å². The number of rotatable bonds is 9. The standard InChI is InChI=1S/C22H20BrClN4O4S2/c1-3-5-14(10-11-23)21(29)13(2)25-22(30)16-9-8-15(24)12-18(16)28-34(31,32)19-7-4-6-17-20(19)27-33-26-17/h3-13,21,28-29H,1H2,2H3,(H,25,30)/b11-10+,14-5+. The fourth-order valence-electron chi connectivity index (χ4n) is 3.11. The molecule has 2 unspecified atom stereocenters. The summed E-state index contributed by atoms with van der Waals surface area (Å²) in [5.74, 6) is -0.602. The third kappa shape index (κ3) is 5.91. The van der Waals surface area contributed by atoms with Gasteiger partial charge in [0, 0.05) is 5.02 Å². The predicted molar refractivity (Wildman–Crippen MR) is 139 cm³/mol. The summed E-state index contributed by atoms with van der Waals surface area (Å²) in [6.07, 6.45) is 3.72. The highest BCUT2D eigenvalue weighted by Gasteiger charge is 2.25. The lowest BCUT2D eigenvalue weighted by Gasteiger charge is -2.22. The molecule has 0 saturated heterocycles. The Kier molecular flexibility index (Phi) is 8.61. The molecular formula is C22H20BrClN4O4S2. The second kappa shape index (κ2) is 11.2. The maximum Gasteiger partial charge on any atom is 0.264 e. The summed E-state index contributed by atoms with van der Waals surface area (Å²) in [5.41, 5.74) is 1.20. The molecule has 3 rings (SSSR count). The zero-order valence-electron chi connectivity index (χ0n) is 17.8. The van der Waals surface area contributed by atoms with E-state index in [4.69, 9.17) is 11.6 Å². The molecule has 2 aromatic carbocycles. The average Bonchev–Trinajstić information content (AvgIpc) is 3.27. The van der Waals surface area contributed by atoms with Crippen molar-refractivity contribution < 1.29 is 18.3 Å². The molecular weight excluding hydrogens is 564 g/mol. The summed E-state index contributed by atoms with van der Waals surface area (Å²) >= 11 is 10.1. The van der Waals surface area contributed by atoms with Crippen molar-refractivity contribution in [1.29, 1.82) is 0 Å². The highest BCUT2D eigenvalue weighted by atomic mass is 79.9. The van der Waals surface area contributed by atoms with Crippen LogP contribution >= 0.6 is 39.3 Å². The van der Waals surface area contributed by atoms with Crippen molar-refractivity contribution in [1.82, 2.24) is 14.1 Å². The number of anilines is 1. The van der Waals surface area contributed by atoms with E-state index in [-0.39, 0.29) is 26.7 Å². The van der Waals surface area contributed by atoms with Gasteiger partial charge < -0.3 is 10.4 Å². The first-order valence-corrected chi connectivity index (χ1v) is 13.3. The quantitative estimate of drug-likeness (QED) is 0.316. The van der Waals surface area contributed by atoms with Gasteiger partial charge in [-0.2, -0.15) is 8.75 Å². The molecule has 0 spiro atoms. The van der Waals surface area contributed by atoms with Gasteiger partial charge in [0.05, 0.1) is 35.1 Å². The Labute approximate surface area is 214 Å². The molecule has 0 bridgehead atoms. The number of aliphatic hydroxyl groups is 1. The van der Waals surface area contributed by atoms with Crippen molar-refractivity contribution in [2.75, 3.05) is 4.72 Å². The summed E-state index contributed by atoms with van der Waals surface area (Å²) in [6.45, 7) is 5.24. The largest absolute Gasteiger partial charge is 0.386 e. The Hall–Kier alpha value is -2.57. The summed E-state index contributed by atoms with van der Waals surface area (Å²) in [7, 11) is -4.12. The Morgan fingerprint density at radius 2 is 2.06 bits per heavy atom. The van der Waals surface area contributed by atoms with Crippen molar-refractivity contribution in [2.24, 2.45) is 0 Å². The molecule has 0 aliphatic carbocycles. The van der Waals surface area contributed by atoms with Gasteiger partial charge in [-0.05, 0) is 53.9 Å². The first-order valence-electron chi connectivity index (χ1n) is 9.80. The maximum absolute atomic E-state index is 13.1. The molecule has 178 valence electrons. The number of allylic oxidation sites excluding steroid dienone is 2. The minimum absolute atomic E-state index is 0.0194. The first-order chi connectivity index (χ1) is 16.2. The number of halogens is 2. The van der Waals surface area contributed by atoms with Crippen LogP contribution in [0.2, 0.25) is 5.02 Å². The van der Waals surface area contributed by atoms with Crippen LogP contribution in [0.1, 0.15) is 17.3 Å². The lowest BCUT2D eigenvalue weighted by Crippen LogP contribution is -2.42. The number of sulfonamides is 1. The number of amides is 1. The van der Waals surface area contributed by atoms with Gasteiger partial charge in [-0.1, -0.05) is 52.3 Å². The Morgan fingerprint density at radius 1 is 1.29 bits per heavy atom. The van der Waals surface area contributed by atoms with Gasteiger partial charge in [-0.3, -0.25) is 9.52 Å². The third-order valence-electron chi connectivity index (χ3n) is 4.75. The smallest absolute Gasteiger partial charge is 0.264 e. The molecule has 12 heteroatoms. The molecule has 0 saturated carbocycles. The predicted octanol–water partition coefficient (Wildman–Crippen LogP) is 4.65. The van der Waals surface area contributed by atoms with E-state index in [0.717, 1.165) is 11.7 Å². The van der Waals surface area contributed by atoms with E-state index in [1.165, 1.54) is 30.3 Å². The number of nitrogens with zero attached hydrogens (tertiary/aromatic N) is 2. The van der Waals surface area contributed by atoms with Crippen molar-refractivity contribution in [3.8, 4) is 0 Å². The van der Waals surface area contributed by atoms with E-state index in [9.17, 15) is 18.3 Å². The Bertz CT molecular complexity index is 1390. The number of aromatic nitrogens is 2. The average molecular weight is 584 g/mol. The monoisotopic (exact) mass is 582 g/mol. The second-order valence-electron chi connectivity index (χ2n) is 7.09. The molecule has 1 aromatic heterocycles. The minimum atomic E-state index is -4.12. The fourth-order valence-corrected chi connectivity index (χ4v) is 5.43. The van der Waals surface area contributed by atoms with Crippen molar-refractivity contribution >= 4 is 71.9 Å². The molecule has 0 fully saturated rings. The van der Waals surface area contributed by atoms with Crippen LogP contribution in [0.5, 0.6) is 0 Å². The van der Waals surface area contributed by atoms with E-state index < -0.39 is 28.1 Å². The van der Waals surface area contributed by atoms with Gasteiger partial charge >= 0.3 is 0 Å². The zero-order chi connectivity index (χ0) is 24.9. The van der Waals surface area contributed by atoms with Crippen LogP contribution in [0.15, 0.2) is 76.7 Å². The van der Waals surface area contributed by atoms with Crippen molar-refractivity contribution in [3.05, 3.63) is 82.3 Å². The molecule has 1 amide bonds. The van der Waals surface area contributed by atoms with Gasteiger partial charge in [0.2, 0.25) is 0 Å². The zero-order valence-corrected chi connectivity index (χ0v) is 21.7. The van der Waals surface area contributed by atoms with Crippen molar-refractivity contribution in [3.63, 3.8) is 0 Å². The van der Waals surface area contributed by atoms with Gasteiger partial charge in [0.1, 0.15) is 15.9 Å². The van der Waals surface area contributed by atoms with Gasteiger partial charge in [0.25, 0.3) is 15.9 Å². The topological polar surface area (TPSA) is 121 Å². The van der Waals surface area contributed by atoms with Gasteiger partial charge in [-0.25, -0.2) is 8.42 Å². The van der Waals surface area contributed by atoms with E-state index in [2.05, 4.69) is 41.3 Å². The molecule has 3 N–H and O–H groups in total. The van der Waals surface area contributed by atoms with Crippen LogP contribution in [0, 0.1) is 0 Å². The van der Waals surface area contributed by atoms with Crippen molar-refractivity contribution in [2.45, 2.75) is 24.0 Å². The van der Waals surface area contributed by atoms with Gasteiger partial charge in [-0.15, -0.1) is 0 Å². The molecule has 0 radical (unpaired) electrons. The second-order valence-corrected chi connectivity index (χ2v) is 10.2. The number of benzene rings is 2. The minimum Gasteiger partial charge on any atom is -0.386 e. The lowest BCUT2D eigenvalue weighted by molar-refractivity contribution is 0.0891. The van der Waals surface area contributed by atoms with Crippen LogP contribution in [-0.2, 0) is 10.0 Å². The highest BCUT2D eigenvalue weighted by molar-refractivity contribution is 9.11. The molecule has 0 aliphatic heterocycles. The molecule has 1 heterocycles. The summed E-state index contributed by atoms with van der Waals surface area (Å²) in [4.78, 5) is 14.5. The van der Waals surface area contributed by atoms with Crippen LogP contribution in [0.25, 0.3) is 11.0 Å². The van der Waals surface area contributed by atoms with Crippen LogP contribution in [0.3, 0.4) is 0 Å². The number of fused-ring (bicyclic) bond motifs is 1. The van der Waals surface area contributed by atoms with Gasteiger partial charge in [0.15, 0.2) is 0 Å². The number of hydrogen-bond donors (Lipinski definition) is 3. The molecule has 34 heavy (non-hydrogen) atoms. The SMILES string of the molecule is C=C/C=C(\C=C\Br)C(O)C(C)NC(=O)c1ccc(Cl)cc1NS(=O)(=O)c1cccc2nsnc12. The normalized spacial score (nSPS) is 14.2. The summed E-state index contributed by atoms with van der Waals surface area (Å²) in [5, 5.41) is 13.5. The third-order valence-corrected chi connectivity index (χ3v) is 7.19. The summed E-state index contributed by atoms with van der Waals surface area (Å²) < 4.78 is 36.8. The lowest BCUT2D eigenvalue weighted by atomic mass is 10.0. The molecule has 8 nitrogen and oxygen atoms in total. The van der Waals surface area contributed by atoms with E-state index in [1.54, 1.807) is 36.2 Å². The van der Waals surface area contributed by atoms with Crippen LogP contribution in [0.4, 0.5) is 5.69 Å². The molecule has 0 aliphatic rings. The number of carbonyl (C=O) groups is 1. The molecule has 2 atom stereocenters. The molecule has 3 aromatic rings. The summed E-state index contributed by atoms with van der Waals surface area (Å²) in [6, 6.07) is 8.11. The number of carbonyl (C=O) groups excluding carboxylic acids is 1.